The third-order valence-corrected chi connectivity index (χ3v) is 3.39. The maximum absolute atomic E-state index is 13.2. The molecule has 1 N–H and O–H groups in total. The normalized spacial score (nSPS) is 17.0. The highest BCUT2D eigenvalue weighted by Gasteiger charge is 2.35. The topological polar surface area (TPSA) is 30.5 Å². The van der Waals surface area contributed by atoms with Gasteiger partial charge in [0.2, 0.25) is 0 Å². The van der Waals surface area contributed by atoms with Crippen molar-refractivity contribution in [2.24, 2.45) is 0 Å². The molecule has 118 valence electrons. The molecule has 2 rings (SSSR count). The van der Waals surface area contributed by atoms with Crippen LogP contribution in [-0.4, -0.2) is 25.9 Å². The molecule has 0 atom stereocenters. The predicted molar refractivity (Wildman–Crippen MR) is 73.3 cm³/mol. The van der Waals surface area contributed by atoms with Crippen LogP contribution in [-0.2, 0) is 17.5 Å². The summed E-state index contributed by atoms with van der Waals surface area (Å²) in [6, 6.07) is 4.26. The van der Waals surface area contributed by atoms with Gasteiger partial charge >= 0.3 is 6.18 Å². The first-order valence-corrected chi connectivity index (χ1v) is 7.16. The fraction of sp³-hybridized carbons (Fsp3) is 0.600. The molecule has 21 heavy (non-hydrogen) atoms. The minimum atomic E-state index is -4.41. The molecule has 0 amide bonds. The fourth-order valence-electron chi connectivity index (χ4n) is 2.25. The minimum absolute atomic E-state index is 0.0883. The second-order valence-electron chi connectivity index (χ2n) is 5.04. The monoisotopic (exact) mass is 303 g/mol. The van der Waals surface area contributed by atoms with Crippen LogP contribution >= 0.6 is 0 Å². The van der Waals surface area contributed by atoms with Gasteiger partial charge in [0.1, 0.15) is 11.9 Å². The molecule has 1 saturated heterocycles. The number of alkyl halides is 3. The van der Waals surface area contributed by atoms with E-state index in [9.17, 15) is 13.2 Å². The van der Waals surface area contributed by atoms with Gasteiger partial charge in [-0.15, -0.1) is 0 Å². The average molecular weight is 303 g/mol. The first kappa shape index (κ1) is 16.1. The summed E-state index contributed by atoms with van der Waals surface area (Å²) in [6.45, 7) is 4.10. The smallest absolute Gasteiger partial charge is 0.419 e. The van der Waals surface area contributed by atoms with Crippen molar-refractivity contribution in [1.29, 1.82) is 0 Å². The summed E-state index contributed by atoms with van der Waals surface area (Å²) in [5, 5.41) is 3.02. The van der Waals surface area contributed by atoms with E-state index in [2.05, 4.69) is 5.32 Å². The lowest BCUT2D eigenvalue weighted by molar-refractivity contribution is -0.139. The molecule has 1 aromatic rings. The van der Waals surface area contributed by atoms with E-state index in [1.807, 2.05) is 6.92 Å². The molecular formula is C15H20F3NO2. The lowest BCUT2D eigenvalue weighted by atomic mass is 10.1. The van der Waals surface area contributed by atoms with Crippen LogP contribution in [0.15, 0.2) is 18.2 Å². The standard InChI is InChI=1S/C15H20F3NO2/c1-2-19-10-11-3-4-14(13(9-11)15(16,17)18)21-12-5-7-20-8-6-12/h3-4,9,12,19H,2,5-8,10H2,1H3. The van der Waals surface area contributed by atoms with Gasteiger partial charge in [0.05, 0.1) is 18.8 Å². The number of rotatable bonds is 5. The molecular weight excluding hydrogens is 283 g/mol. The number of hydrogen-bond acceptors (Lipinski definition) is 3. The first-order valence-electron chi connectivity index (χ1n) is 7.16. The van der Waals surface area contributed by atoms with Gasteiger partial charge in [-0.25, -0.2) is 0 Å². The molecule has 6 heteroatoms. The van der Waals surface area contributed by atoms with E-state index in [-0.39, 0.29) is 11.9 Å². The lowest BCUT2D eigenvalue weighted by Gasteiger charge is -2.25. The zero-order valence-electron chi connectivity index (χ0n) is 12.0. The highest BCUT2D eigenvalue weighted by molar-refractivity contribution is 5.39. The van der Waals surface area contributed by atoms with Crippen LogP contribution in [0.25, 0.3) is 0 Å². The Bertz CT molecular complexity index is 457. The summed E-state index contributed by atoms with van der Waals surface area (Å²) >= 11 is 0. The number of hydrogen-bond donors (Lipinski definition) is 1. The zero-order valence-corrected chi connectivity index (χ0v) is 12.0. The van der Waals surface area contributed by atoms with E-state index in [1.165, 1.54) is 6.07 Å². The molecule has 0 aromatic heterocycles. The third kappa shape index (κ3) is 4.61. The summed E-state index contributed by atoms with van der Waals surface area (Å²) < 4.78 is 50.3. The van der Waals surface area contributed by atoms with Crippen LogP contribution in [0.1, 0.15) is 30.9 Å². The lowest BCUT2D eigenvalue weighted by Crippen LogP contribution is -2.27. The van der Waals surface area contributed by atoms with E-state index in [4.69, 9.17) is 9.47 Å². The van der Waals surface area contributed by atoms with E-state index in [0.717, 1.165) is 6.07 Å². The van der Waals surface area contributed by atoms with Crippen molar-refractivity contribution < 1.29 is 22.6 Å². The Morgan fingerprint density at radius 3 is 2.62 bits per heavy atom. The SMILES string of the molecule is CCNCc1ccc(OC2CCOCC2)c(C(F)(F)F)c1. The van der Waals surface area contributed by atoms with E-state index in [0.29, 0.717) is 44.7 Å². The van der Waals surface area contributed by atoms with Gasteiger partial charge < -0.3 is 14.8 Å². The molecule has 1 heterocycles. The van der Waals surface area contributed by atoms with Crippen molar-refractivity contribution in [3.05, 3.63) is 29.3 Å². The Morgan fingerprint density at radius 2 is 2.00 bits per heavy atom. The van der Waals surface area contributed by atoms with Gasteiger partial charge in [-0.05, 0) is 24.2 Å². The largest absolute Gasteiger partial charge is 0.490 e. The van der Waals surface area contributed by atoms with E-state index >= 15 is 0 Å². The first-order chi connectivity index (χ1) is 10.0. The van der Waals surface area contributed by atoms with Crippen molar-refractivity contribution in [2.75, 3.05) is 19.8 Å². The zero-order chi connectivity index (χ0) is 15.3. The van der Waals surface area contributed by atoms with Crippen molar-refractivity contribution in [3.8, 4) is 5.75 Å². The van der Waals surface area contributed by atoms with Crippen LogP contribution in [0, 0.1) is 0 Å². The molecule has 0 bridgehead atoms. The predicted octanol–water partition coefficient (Wildman–Crippen LogP) is 3.37. The molecule has 0 spiro atoms. The van der Waals surface area contributed by atoms with Gasteiger partial charge in [-0.2, -0.15) is 13.2 Å². The summed E-state index contributed by atoms with van der Waals surface area (Å²) in [6.07, 6.45) is -3.38. The number of halogens is 3. The molecule has 0 saturated carbocycles. The number of nitrogens with one attached hydrogen (secondary N) is 1. The van der Waals surface area contributed by atoms with E-state index in [1.54, 1.807) is 6.07 Å². The van der Waals surface area contributed by atoms with Crippen LogP contribution in [0.2, 0.25) is 0 Å². The number of ether oxygens (including phenoxy) is 2. The Balaban J connectivity index is 2.18. The Kier molecular flexibility index (Phi) is 5.47. The maximum Gasteiger partial charge on any atom is 0.419 e. The Hall–Kier alpha value is -1.27. The van der Waals surface area contributed by atoms with Crippen molar-refractivity contribution in [1.82, 2.24) is 5.32 Å². The number of benzene rings is 1. The van der Waals surface area contributed by atoms with Gasteiger partial charge in [-0.1, -0.05) is 13.0 Å². The molecule has 0 aliphatic carbocycles. The molecule has 1 aliphatic heterocycles. The van der Waals surface area contributed by atoms with Gasteiger partial charge in [0.25, 0.3) is 0 Å². The Labute approximate surface area is 122 Å². The van der Waals surface area contributed by atoms with Gasteiger partial charge in [0, 0.05) is 19.4 Å². The highest BCUT2D eigenvalue weighted by Crippen LogP contribution is 2.37. The molecule has 1 fully saturated rings. The quantitative estimate of drug-likeness (QED) is 0.904. The van der Waals surface area contributed by atoms with Gasteiger partial charge in [0.15, 0.2) is 0 Å². The molecule has 0 unspecified atom stereocenters. The van der Waals surface area contributed by atoms with Gasteiger partial charge in [-0.3, -0.25) is 0 Å². The fourth-order valence-corrected chi connectivity index (χ4v) is 2.25. The summed E-state index contributed by atoms with van der Waals surface area (Å²) in [4.78, 5) is 0. The van der Waals surface area contributed by atoms with Crippen LogP contribution in [0.3, 0.4) is 0 Å². The molecule has 0 radical (unpaired) electrons. The third-order valence-electron chi connectivity index (χ3n) is 3.39. The summed E-state index contributed by atoms with van der Waals surface area (Å²) in [5.74, 6) is -0.0883. The second-order valence-corrected chi connectivity index (χ2v) is 5.04. The van der Waals surface area contributed by atoms with Crippen molar-refractivity contribution >= 4 is 0 Å². The molecule has 1 aromatic carbocycles. The minimum Gasteiger partial charge on any atom is -0.490 e. The maximum atomic E-state index is 13.2. The molecule has 1 aliphatic rings. The van der Waals surface area contributed by atoms with Crippen LogP contribution < -0.4 is 10.1 Å². The van der Waals surface area contributed by atoms with Crippen molar-refractivity contribution in [3.63, 3.8) is 0 Å². The van der Waals surface area contributed by atoms with E-state index < -0.39 is 11.7 Å². The van der Waals surface area contributed by atoms with Crippen LogP contribution in [0.5, 0.6) is 5.75 Å². The highest BCUT2D eigenvalue weighted by atomic mass is 19.4. The second kappa shape index (κ2) is 7.13. The van der Waals surface area contributed by atoms with Crippen molar-refractivity contribution in [2.45, 2.75) is 38.6 Å². The summed E-state index contributed by atoms with van der Waals surface area (Å²) in [7, 11) is 0. The molecule has 3 nitrogen and oxygen atoms in total. The summed E-state index contributed by atoms with van der Waals surface area (Å²) in [5.41, 5.74) is -0.104. The average Bonchev–Trinajstić information content (AvgIpc) is 2.46. The Morgan fingerprint density at radius 1 is 1.29 bits per heavy atom. The van der Waals surface area contributed by atoms with Crippen LogP contribution in [0.4, 0.5) is 13.2 Å².